The molecule has 0 aromatic heterocycles. The maximum Gasteiger partial charge on any atom is 1.00 e. The average Bonchev–Trinajstić information content (AvgIpc) is 0. The van der Waals surface area contributed by atoms with Crippen LogP contribution in [0.25, 0.3) is 0 Å². The summed E-state index contributed by atoms with van der Waals surface area (Å²) in [6.07, 6.45) is 0. The topological polar surface area (TPSA) is 189 Å². The molecule has 0 unspecified atom stereocenters. The van der Waals surface area contributed by atoms with Crippen LogP contribution in [0.15, 0.2) is 0 Å². The van der Waals surface area contributed by atoms with Gasteiger partial charge in [0.05, 0.1) is 0 Å². The molecule has 12 N–H and O–H groups in total. The van der Waals surface area contributed by atoms with Crippen molar-refractivity contribution in [2.45, 2.75) is 0 Å². The van der Waals surface area contributed by atoms with Gasteiger partial charge in [-0.05, 0) is 0 Å². The van der Waals surface area contributed by atoms with Gasteiger partial charge in [-0.1, -0.05) is 0 Å². The minimum Gasteiger partial charge on any atom is -1.00 e. The molecule has 0 rings (SSSR count). The van der Waals surface area contributed by atoms with Crippen molar-refractivity contribution in [3.05, 3.63) is 0 Å². The van der Waals surface area contributed by atoms with Gasteiger partial charge < -0.3 is 35.7 Å². The fraction of sp³-hybridized carbons (Fsp3) is 0. The molecule has 56 valence electrons. The molecule has 0 aliphatic rings. The Labute approximate surface area is 117 Å². The number of rotatable bonds is 0. The van der Waals surface area contributed by atoms with E-state index in [1.54, 1.807) is 0 Å². The van der Waals surface area contributed by atoms with Crippen molar-refractivity contribution in [1.29, 1.82) is 0 Å². The second-order valence-electron chi connectivity index (χ2n) is 0. The van der Waals surface area contributed by atoms with Crippen LogP contribution in [-0.2, 0) is 0 Å². The Morgan fingerprint density at radius 2 is 0.444 bits per heavy atom. The first-order valence-corrected chi connectivity index (χ1v) is 0. The van der Waals surface area contributed by atoms with Crippen molar-refractivity contribution in [3.8, 4) is 0 Å². The normalized spacial score (nSPS) is 0. The first-order chi connectivity index (χ1) is 0. The van der Waals surface area contributed by atoms with Gasteiger partial charge in [0, 0.05) is 23.9 Å². The molecule has 0 amide bonds. The van der Waals surface area contributed by atoms with Gasteiger partial charge in [0.15, 0.2) is 0 Å². The van der Waals surface area contributed by atoms with Gasteiger partial charge >= 0.3 is 59.1 Å². The molecule has 0 aliphatic heterocycles. The van der Waals surface area contributed by atoms with Crippen LogP contribution in [-0.4, -0.2) is 56.8 Å². The molecule has 0 heterocycles. The Kier molecular flexibility index (Phi) is 3220. The standard InChI is InChI=1S/2Na.6H2O.Sn.2H/h;;6*1H2;;;/q2*+1;;;;;;;;2*-1. The van der Waals surface area contributed by atoms with Crippen LogP contribution in [0, 0.1) is 0 Å². The maximum atomic E-state index is 0. The minimum absolute atomic E-state index is 0. The second kappa shape index (κ2) is 147. The maximum absolute atomic E-state index is 0. The Morgan fingerprint density at radius 3 is 0.444 bits per heavy atom. The third-order valence-corrected chi connectivity index (χ3v) is 0. The van der Waals surface area contributed by atoms with Crippen LogP contribution in [0.2, 0.25) is 0 Å². The summed E-state index contributed by atoms with van der Waals surface area (Å²) in [5.41, 5.74) is 0. The summed E-state index contributed by atoms with van der Waals surface area (Å²) in [7, 11) is 0. The summed E-state index contributed by atoms with van der Waals surface area (Å²) in [5, 5.41) is 0. The van der Waals surface area contributed by atoms with E-state index in [0.717, 1.165) is 0 Å². The molecule has 0 spiro atoms. The van der Waals surface area contributed by atoms with Gasteiger partial charge in [-0.2, -0.15) is 0 Å². The molecule has 0 saturated heterocycles. The van der Waals surface area contributed by atoms with Gasteiger partial charge in [0.1, 0.15) is 0 Å². The third-order valence-electron chi connectivity index (χ3n) is 0. The van der Waals surface area contributed by atoms with Crippen LogP contribution in [0.3, 0.4) is 0 Å². The van der Waals surface area contributed by atoms with Crippen molar-refractivity contribution >= 4 is 23.9 Å². The smallest absolute Gasteiger partial charge is 1.00 e. The fourth-order valence-corrected chi connectivity index (χ4v) is 0. The summed E-state index contributed by atoms with van der Waals surface area (Å²) in [4.78, 5) is 0. The summed E-state index contributed by atoms with van der Waals surface area (Å²) >= 11 is 0. The van der Waals surface area contributed by atoms with E-state index < -0.39 is 0 Å². The van der Waals surface area contributed by atoms with Crippen molar-refractivity contribution in [2.24, 2.45) is 0 Å². The van der Waals surface area contributed by atoms with Crippen molar-refractivity contribution in [3.63, 3.8) is 0 Å². The average molecular weight is 275 g/mol. The summed E-state index contributed by atoms with van der Waals surface area (Å²) < 4.78 is 0. The third kappa shape index (κ3) is 118. The molecule has 6 nitrogen and oxygen atoms in total. The molecule has 0 atom stereocenters. The van der Waals surface area contributed by atoms with Crippen LogP contribution >= 0.6 is 0 Å². The van der Waals surface area contributed by atoms with E-state index in [1.165, 1.54) is 0 Å². The Bertz CT molecular complexity index is 18.5. The molecule has 0 aromatic carbocycles. The monoisotopic (exact) mass is 276 g/mol. The van der Waals surface area contributed by atoms with Gasteiger partial charge in [-0.25, -0.2) is 0 Å². The minimum atomic E-state index is 0. The zero-order chi connectivity index (χ0) is 0. The molecule has 4 radical (unpaired) electrons. The zero-order valence-corrected chi connectivity index (χ0v) is 12.4. The summed E-state index contributed by atoms with van der Waals surface area (Å²) in [6, 6.07) is 0. The fourth-order valence-electron chi connectivity index (χ4n) is 0. The molecule has 0 saturated carbocycles. The Hall–Kier alpha value is 2.56. The number of hydrogen-bond donors (Lipinski definition) is 0. The van der Waals surface area contributed by atoms with Gasteiger partial charge in [0.25, 0.3) is 0 Å². The van der Waals surface area contributed by atoms with Crippen LogP contribution in [0.4, 0.5) is 0 Å². The van der Waals surface area contributed by atoms with E-state index in [1.807, 2.05) is 0 Å². The van der Waals surface area contributed by atoms with Gasteiger partial charge in [-0.15, -0.1) is 0 Å². The van der Waals surface area contributed by atoms with E-state index >= 15 is 0 Å². The van der Waals surface area contributed by atoms with Crippen molar-refractivity contribution in [2.75, 3.05) is 0 Å². The molecule has 0 bridgehead atoms. The van der Waals surface area contributed by atoms with Crippen molar-refractivity contribution < 1.29 is 94.8 Å². The SMILES string of the molecule is O.O.O.O.O.O.[H-].[H-].[Na+].[Na+].[Sn]. The molecule has 0 aromatic rings. The number of hydrogen-bond acceptors (Lipinski definition) is 0. The molecule has 9 heteroatoms. The molecule has 9 heavy (non-hydrogen) atoms. The molecule has 0 aliphatic carbocycles. The summed E-state index contributed by atoms with van der Waals surface area (Å²) in [5.74, 6) is 0. The van der Waals surface area contributed by atoms with Crippen LogP contribution in [0.1, 0.15) is 2.85 Å². The summed E-state index contributed by atoms with van der Waals surface area (Å²) in [6.45, 7) is 0. The quantitative estimate of drug-likeness (QED) is 0.379. The predicted molar refractivity (Wildman–Crippen MR) is 29.7 cm³/mol. The van der Waals surface area contributed by atoms with E-state index in [0.29, 0.717) is 0 Å². The largest absolute Gasteiger partial charge is 1.00 e. The second-order valence-corrected chi connectivity index (χ2v) is 0. The Morgan fingerprint density at radius 1 is 0.444 bits per heavy atom. The van der Waals surface area contributed by atoms with Crippen LogP contribution in [0.5, 0.6) is 0 Å². The molecular formula is H14Na2O6Sn. The van der Waals surface area contributed by atoms with Gasteiger partial charge in [0.2, 0.25) is 0 Å². The first-order valence-electron chi connectivity index (χ1n) is 0. The molecule has 0 fully saturated rings. The zero-order valence-electron chi connectivity index (χ0n) is 7.50. The molecular weight excluding hydrogens is 261 g/mol. The van der Waals surface area contributed by atoms with Crippen LogP contribution < -0.4 is 59.1 Å². The van der Waals surface area contributed by atoms with Gasteiger partial charge in [-0.3, -0.25) is 0 Å². The van der Waals surface area contributed by atoms with E-state index in [2.05, 4.69) is 0 Å². The van der Waals surface area contributed by atoms with E-state index in [9.17, 15) is 0 Å². The van der Waals surface area contributed by atoms with Crippen molar-refractivity contribution in [1.82, 2.24) is 0 Å². The predicted octanol–water partition coefficient (Wildman–Crippen LogP) is -11.1. The van der Waals surface area contributed by atoms with E-state index in [-0.39, 0.29) is 119 Å². The first kappa shape index (κ1) is 197. The van der Waals surface area contributed by atoms with E-state index in [4.69, 9.17) is 0 Å². The Balaban J connectivity index is 0.